The van der Waals surface area contributed by atoms with E-state index in [1.165, 1.54) is 11.8 Å². The predicted molar refractivity (Wildman–Crippen MR) is 120 cm³/mol. The number of fused-ring (bicyclic) bond motifs is 1. The van der Waals surface area contributed by atoms with Crippen LogP contribution in [-0.2, 0) is 9.53 Å². The van der Waals surface area contributed by atoms with E-state index in [9.17, 15) is 9.59 Å². The average Bonchev–Trinajstić information content (AvgIpc) is 3.26. The van der Waals surface area contributed by atoms with E-state index in [1.807, 2.05) is 50.2 Å². The van der Waals surface area contributed by atoms with E-state index in [0.29, 0.717) is 22.6 Å². The lowest BCUT2D eigenvalue weighted by molar-refractivity contribution is -0.119. The van der Waals surface area contributed by atoms with Crippen molar-refractivity contribution in [3.8, 4) is 5.69 Å². The molecular weight excluding hydrogens is 398 g/mol. The number of thioether (sulfide) groups is 1. The van der Waals surface area contributed by atoms with E-state index in [1.54, 1.807) is 10.6 Å². The van der Waals surface area contributed by atoms with Crippen LogP contribution in [0.15, 0.2) is 52.4 Å². The molecule has 6 nitrogen and oxygen atoms in total. The Bertz CT molecular complexity index is 1120. The van der Waals surface area contributed by atoms with Crippen LogP contribution in [0, 0.1) is 13.8 Å². The molecule has 2 aromatic carbocycles. The third-order valence-electron chi connectivity index (χ3n) is 5.29. The number of aryl methyl sites for hydroxylation is 2. The van der Waals surface area contributed by atoms with Crippen molar-refractivity contribution < 1.29 is 9.53 Å². The maximum Gasteiger partial charge on any atom is 0.266 e. The van der Waals surface area contributed by atoms with Crippen molar-refractivity contribution in [2.45, 2.75) is 37.9 Å². The average molecular weight is 424 g/mol. The van der Waals surface area contributed by atoms with Gasteiger partial charge < -0.3 is 10.1 Å². The first-order chi connectivity index (χ1) is 14.5. The fourth-order valence-corrected chi connectivity index (χ4v) is 4.61. The zero-order valence-electron chi connectivity index (χ0n) is 17.2. The minimum absolute atomic E-state index is 0.0917. The summed E-state index contributed by atoms with van der Waals surface area (Å²) in [7, 11) is 0. The van der Waals surface area contributed by atoms with Gasteiger partial charge in [-0.3, -0.25) is 14.2 Å². The van der Waals surface area contributed by atoms with Crippen molar-refractivity contribution in [1.29, 1.82) is 0 Å². The van der Waals surface area contributed by atoms with Gasteiger partial charge >= 0.3 is 0 Å². The lowest BCUT2D eigenvalue weighted by Crippen LogP contribution is -2.33. The predicted octanol–water partition coefficient (Wildman–Crippen LogP) is 3.39. The standard InChI is InChI=1S/C23H25N3O3S/c1-15-7-5-8-16(2)21(15)26-22(28)18-10-3-4-11-19(18)25-23(26)30-14-20(27)24-13-17-9-6-12-29-17/h3-5,7-8,10-11,17H,6,9,12-14H2,1-2H3,(H,24,27)/t17-/m1/s1. The summed E-state index contributed by atoms with van der Waals surface area (Å²) in [6, 6.07) is 13.2. The van der Waals surface area contributed by atoms with Crippen molar-refractivity contribution in [3.63, 3.8) is 0 Å². The number of carbonyl (C=O) groups excluding carboxylic acids is 1. The molecule has 1 saturated heterocycles. The Morgan fingerprint density at radius 3 is 2.70 bits per heavy atom. The molecule has 0 bridgehead atoms. The third-order valence-corrected chi connectivity index (χ3v) is 6.23. The first-order valence-electron chi connectivity index (χ1n) is 10.1. The molecule has 0 spiro atoms. The Balaban J connectivity index is 1.66. The molecule has 1 fully saturated rings. The van der Waals surface area contributed by atoms with Crippen molar-refractivity contribution in [2.24, 2.45) is 0 Å². The summed E-state index contributed by atoms with van der Waals surface area (Å²) in [5.41, 5.74) is 3.30. The molecule has 2 heterocycles. The molecule has 0 saturated carbocycles. The second-order valence-corrected chi connectivity index (χ2v) is 8.46. The zero-order valence-corrected chi connectivity index (χ0v) is 18.0. The second kappa shape index (κ2) is 9.02. The maximum atomic E-state index is 13.4. The molecule has 1 N–H and O–H groups in total. The summed E-state index contributed by atoms with van der Waals surface area (Å²) in [5.74, 6) is 0.0913. The highest BCUT2D eigenvalue weighted by Gasteiger charge is 2.19. The highest BCUT2D eigenvalue weighted by atomic mass is 32.2. The van der Waals surface area contributed by atoms with Gasteiger partial charge in [0, 0.05) is 13.2 Å². The van der Waals surface area contributed by atoms with Crippen LogP contribution in [0.5, 0.6) is 0 Å². The number of nitrogens with one attached hydrogen (secondary N) is 1. The smallest absolute Gasteiger partial charge is 0.266 e. The number of hydrogen-bond donors (Lipinski definition) is 1. The molecule has 1 aromatic heterocycles. The van der Waals surface area contributed by atoms with E-state index < -0.39 is 0 Å². The molecule has 0 radical (unpaired) electrons. The van der Waals surface area contributed by atoms with Crippen molar-refractivity contribution >= 4 is 28.6 Å². The Morgan fingerprint density at radius 1 is 1.20 bits per heavy atom. The van der Waals surface area contributed by atoms with Crippen LogP contribution in [0.4, 0.5) is 0 Å². The summed E-state index contributed by atoms with van der Waals surface area (Å²) in [6.07, 6.45) is 2.12. The van der Waals surface area contributed by atoms with Gasteiger partial charge in [0.25, 0.3) is 5.56 Å². The van der Waals surface area contributed by atoms with Crippen LogP contribution in [0.25, 0.3) is 16.6 Å². The molecule has 156 valence electrons. The first kappa shape index (κ1) is 20.6. The molecule has 3 aromatic rings. The normalized spacial score (nSPS) is 16.1. The first-order valence-corrected chi connectivity index (χ1v) is 11.1. The number of hydrogen-bond acceptors (Lipinski definition) is 5. The quantitative estimate of drug-likeness (QED) is 0.486. The topological polar surface area (TPSA) is 73.2 Å². The molecule has 0 aliphatic carbocycles. The second-order valence-electron chi connectivity index (χ2n) is 7.52. The number of aromatic nitrogens is 2. The monoisotopic (exact) mass is 423 g/mol. The van der Waals surface area contributed by atoms with Crippen LogP contribution in [-0.4, -0.2) is 40.5 Å². The summed E-state index contributed by atoms with van der Waals surface area (Å²) in [5, 5.41) is 4.01. The number of ether oxygens (including phenoxy) is 1. The highest BCUT2D eigenvalue weighted by Crippen LogP contribution is 2.25. The van der Waals surface area contributed by atoms with Crippen LogP contribution in [0.1, 0.15) is 24.0 Å². The Morgan fingerprint density at radius 2 is 1.97 bits per heavy atom. The van der Waals surface area contributed by atoms with Crippen molar-refractivity contribution in [1.82, 2.24) is 14.9 Å². The summed E-state index contributed by atoms with van der Waals surface area (Å²) < 4.78 is 7.20. The lowest BCUT2D eigenvalue weighted by atomic mass is 10.1. The largest absolute Gasteiger partial charge is 0.376 e. The van der Waals surface area contributed by atoms with Gasteiger partial charge in [-0.1, -0.05) is 42.1 Å². The number of benzene rings is 2. The van der Waals surface area contributed by atoms with E-state index in [4.69, 9.17) is 9.72 Å². The Hall–Kier alpha value is -2.64. The molecule has 4 rings (SSSR count). The van der Waals surface area contributed by atoms with Crippen LogP contribution in [0.2, 0.25) is 0 Å². The minimum atomic E-state index is -0.125. The summed E-state index contributed by atoms with van der Waals surface area (Å²) >= 11 is 1.28. The van der Waals surface area contributed by atoms with Crippen LogP contribution in [0.3, 0.4) is 0 Å². The minimum Gasteiger partial charge on any atom is -0.376 e. The van der Waals surface area contributed by atoms with E-state index >= 15 is 0 Å². The van der Waals surface area contributed by atoms with E-state index in [0.717, 1.165) is 36.3 Å². The van der Waals surface area contributed by atoms with Crippen molar-refractivity contribution in [3.05, 3.63) is 63.9 Å². The van der Waals surface area contributed by atoms with Crippen LogP contribution < -0.4 is 10.9 Å². The number of carbonyl (C=O) groups is 1. The fourth-order valence-electron chi connectivity index (χ4n) is 3.78. The molecule has 1 aliphatic heterocycles. The third kappa shape index (κ3) is 4.27. The van der Waals surface area contributed by atoms with Gasteiger partial charge in [0.15, 0.2) is 5.16 Å². The molecular formula is C23H25N3O3S. The highest BCUT2D eigenvalue weighted by molar-refractivity contribution is 7.99. The van der Waals surface area contributed by atoms with Gasteiger partial charge in [-0.2, -0.15) is 0 Å². The fraction of sp³-hybridized carbons (Fsp3) is 0.348. The summed E-state index contributed by atoms with van der Waals surface area (Å²) in [4.78, 5) is 30.5. The summed E-state index contributed by atoms with van der Waals surface area (Å²) in [6.45, 7) is 5.24. The lowest BCUT2D eigenvalue weighted by Gasteiger charge is -2.17. The number of para-hydroxylation sites is 2. The Labute approximate surface area is 179 Å². The maximum absolute atomic E-state index is 13.4. The molecule has 1 atom stereocenters. The van der Waals surface area contributed by atoms with Crippen LogP contribution >= 0.6 is 11.8 Å². The van der Waals surface area contributed by atoms with Gasteiger partial charge in [0.2, 0.25) is 5.91 Å². The van der Waals surface area contributed by atoms with E-state index in [2.05, 4.69) is 5.32 Å². The van der Waals surface area contributed by atoms with Gasteiger partial charge in [-0.05, 0) is 49.9 Å². The molecule has 0 unspecified atom stereocenters. The zero-order chi connectivity index (χ0) is 21.1. The Kier molecular flexibility index (Phi) is 6.20. The number of amides is 1. The number of nitrogens with zero attached hydrogens (tertiary/aromatic N) is 2. The van der Waals surface area contributed by atoms with E-state index in [-0.39, 0.29) is 23.3 Å². The van der Waals surface area contributed by atoms with Gasteiger partial charge in [-0.25, -0.2) is 4.98 Å². The SMILES string of the molecule is Cc1cccc(C)c1-n1c(SCC(=O)NC[C@H]2CCCO2)nc2ccccc2c1=O. The van der Waals surface area contributed by atoms with Gasteiger partial charge in [0.1, 0.15) is 0 Å². The molecule has 7 heteroatoms. The molecule has 1 aliphatic rings. The van der Waals surface area contributed by atoms with Gasteiger partial charge in [-0.15, -0.1) is 0 Å². The van der Waals surface area contributed by atoms with Crippen molar-refractivity contribution in [2.75, 3.05) is 18.9 Å². The number of rotatable bonds is 6. The van der Waals surface area contributed by atoms with Gasteiger partial charge in [0.05, 0.1) is 28.4 Å². The molecule has 30 heavy (non-hydrogen) atoms. The molecule has 1 amide bonds.